The molecule has 1 aromatic rings. The average molecular weight is 287 g/mol. The van der Waals surface area contributed by atoms with Crippen molar-refractivity contribution in [3.63, 3.8) is 0 Å². The summed E-state index contributed by atoms with van der Waals surface area (Å²) >= 11 is 0. The summed E-state index contributed by atoms with van der Waals surface area (Å²) < 4.78 is 32.2. The maximum Gasteiger partial charge on any atom is 0.308 e. The van der Waals surface area contributed by atoms with Gasteiger partial charge in [-0.05, 0) is 12.8 Å². The number of hydrogen-bond acceptors (Lipinski definition) is 5. The maximum atomic E-state index is 12.3. The van der Waals surface area contributed by atoms with Crippen LogP contribution in [0.3, 0.4) is 0 Å². The number of aromatic nitrogens is 2. The van der Waals surface area contributed by atoms with E-state index in [2.05, 4.69) is 9.72 Å². The lowest BCUT2D eigenvalue weighted by Gasteiger charge is -2.29. The first-order valence-corrected chi connectivity index (χ1v) is 7.45. The van der Waals surface area contributed by atoms with Crippen molar-refractivity contribution in [2.45, 2.75) is 17.9 Å². The number of carbonyl (C=O) groups is 1. The molecule has 1 aromatic heterocycles. The molecule has 0 atom stereocenters. The van der Waals surface area contributed by atoms with E-state index in [-0.39, 0.29) is 16.9 Å². The summed E-state index contributed by atoms with van der Waals surface area (Å²) in [6.45, 7) is 0.636. The van der Waals surface area contributed by atoms with Gasteiger partial charge >= 0.3 is 5.97 Å². The number of esters is 1. The van der Waals surface area contributed by atoms with E-state index in [1.54, 1.807) is 11.6 Å². The molecule has 0 radical (unpaired) electrons. The Kier molecular flexibility index (Phi) is 3.91. The molecule has 2 rings (SSSR count). The molecule has 106 valence electrons. The zero-order valence-electron chi connectivity index (χ0n) is 10.9. The molecule has 19 heavy (non-hydrogen) atoms. The van der Waals surface area contributed by atoms with Gasteiger partial charge in [0.25, 0.3) is 10.0 Å². The molecule has 0 unspecified atom stereocenters. The first-order chi connectivity index (χ1) is 8.95. The molecule has 0 aromatic carbocycles. The normalized spacial score (nSPS) is 18.4. The van der Waals surface area contributed by atoms with Gasteiger partial charge in [0.1, 0.15) is 0 Å². The van der Waals surface area contributed by atoms with Crippen LogP contribution < -0.4 is 0 Å². The molecule has 0 aliphatic carbocycles. The summed E-state index contributed by atoms with van der Waals surface area (Å²) in [7, 11) is -0.483. The Hall–Kier alpha value is -1.41. The zero-order chi connectivity index (χ0) is 14.0. The highest BCUT2D eigenvalue weighted by Gasteiger charge is 2.33. The second-order valence-corrected chi connectivity index (χ2v) is 6.46. The number of hydrogen-bond donors (Lipinski definition) is 0. The minimum absolute atomic E-state index is 0.0477. The van der Waals surface area contributed by atoms with Crippen LogP contribution in [0.4, 0.5) is 0 Å². The molecule has 8 heteroatoms. The van der Waals surface area contributed by atoms with Gasteiger partial charge in [-0.2, -0.15) is 4.31 Å². The number of ether oxygens (including phenoxy) is 1. The average Bonchev–Trinajstić information content (AvgIpc) is 2.85. The summed E-state index contributed by atoms with van der Waals surface area (Å²) in [6.07, 6.45) is 3.90. The number of nitrogens with zero attached hydrogens (tertiary/aromatic N) is 3. The molecule has 1 aliphatic rings. The Bertz CT molecular complexity index is 558. The smallest absolute Gasteiger partial charge is 0.308 e. The Morgan fingerprint density at radius 3 is 2.53 bits per heavy atom. The molecule has 1 aliphatic heterocycles. The molecule has 2 heterocycles. The summed E-state index contributed by atoms with van der Waals surface area (Å²) in [5.41, 5.74) is 0. The number of imidazole rings is 1. The van der Waals surface area contributed by atoms with Crippen molar-refractivity contribution in [1.29, 1.82) is 0 Å². The highest BCUT2D eigenvalue weighted by Crippen LogP contribution is 2.23. The van der Waals surface area contributed by atoms with E-state index >= 15 is 0 Å². The van der Waals surface area contributed by atoms with Gasteiger partial charge in [0, 0.05) is 26.3 Å². The number of rotatable bonds is 3. The minimum atomic E-state index is -3.55. The molecule has 1 saturated heterocycles. The van der Waals surface area contributed by atoms with E-state index in [1.165, 1.54) is 23.9 Å². The quantitative estimate of drug-likeness (QED) is 0.731. The molecule has 7 nitrogen and oxygen atoms in total. The molecule has 1 fully saturated rings. The molecule has 0 saturated carbocycles. The molecular weight excluding hydrogens is 270 g/mol. The van der Waals surface area contributed by atoms with Gasteiger partial charge in [0.05, 0.1) is 19.4 Å². The zero-order valence-corrected chi connectivity index (χ0v) is 11.8. The standard InChI is InChI=1S/C11H17N3O4S/c1-13-7-10(12-8-13)19(16,17)14-5-3-9(4-6-14)11(15)18-2/h7-9H,3-6H2,1-2H3. The monoisotopic (exact) mass is 287 g/mol. The Morgan fingerprint density at radius 1 is 1.42 bits per heavy atom. The van der Waals surface area contributed by atoms with E-state index in [9.17, 15) is 13.2 Å². The summed E-state index contributed by atoms with van der Waals surface area (Å²) in [5.74, 6) is -0.477. The van der Waals surface area contributed by atoms with Crippen LogP contribution in [0.15, 0.2) is 17.6 Å². The van der Waals surface area contributed by atoms with Crippen LogP contribution in [0.2, 0.25) is 0 Å². The first kappa shape index (κ1) is 14.0. The topological polar surface area (TPSA) is 81.5 Å². The number of piperidine rings is 1. The fourth-order valence-corrected chi connectivity index (χ4v) is 3.59. The fraction of sp³-hybridized carbons (Fsp3) is 0.636. The van der Waals surface area contributed by atoms with Gasteiger partial charge in [-0.15, -0.1) is 0 Å². The van der Waals surface area contributed by atoms with Crippen molar-refractivity contribution < 1.29 is 17.9 Å². The molecule has 0 amide bonds. The van der Waals surface area contributed by atoms with Crippen molar-refractivity contribution >= 4 is 16.0 Å². The second kappa shape index (κ2) is 5.30. The lowest BCUT2D eigenvalue weighted by Crippen LogP contribution is -2.40. The summed E-state index contributed by atoms with van der Waals surface area (Å²) in [6, 6.07) is 0. The van der Waals surface area contributed by atoms with Crippen LogP contribution in [-0.2, 0) is 26.6 Å². The first-order valence-electron chi connectivity index (χ1n) is 6.01. The summed E-state index contributed by atoms with van der Waals surface area (Å²) in [5, 5.41) is 0.0477. The van der Waals surface area contributed by atoms with Crippen LogP contribution >= 0.6 is 0 Å². The van der Waals surface area contributed by atoms with Gasteiger partial charge < -0.3 is 9.30 Å². The Balaban J connectivity index is 2.07. The van der Waals surface area contributed by atoms with Crippen LogP contribution in [0, 0.1) is 5.92 Å². The van der Waals surface area contributed by atoms with Gasteiger partial charge in [-0.25, -0.2) is 13.4 Å². The van der Waals surface area contributed by atoms with E-state index in [1.807, 2.05) is 0 Å². The van der Waals surface area contributed by atoms with Crippen molar-refractivity contribution in [3.8, 4) is 0 Å². The van der Waals surface area contributed by atoms with E-state index in [0.717, 1.165) is 0 Å². The SMILES string of the molecule is COC(=O)C1CCN(S(=O)(=O)c2cn(C)cn2)CC1. The van der Waals surface area contributed by atoms with Crippen molar-refractivity contribution in [2.24, 2.45) is 13.0 Å². The largest absolute Gasteiger partial charge is 0.469 e. The maximum absolute atomic E-state index is 12.3. The van der Waals surface area contributed by atoms with E-state index in [4.69, 9.17) is 0 Å². The van der Waals surface area contributed by atoms with Gasteiger partial charge in [-0.3, -0.25) is 4.79 Å². The van der Waals surface area contributed by atoms with Gasteiger partial charge in [-0.1, -0.05) is 0 Å². The molecular formula is C11H17N3O4S. The third kappa shape index (κ3) is 2.79. The van der Waals surface area contributed by atoms with Gasteiger partial charge in [0.15, 0.2) is 5.03 Å². The Morgan fingerprint density at radius 2 is 2.05 bits per heavy atom. The van der Waals surface area contributed by atoms with E-state index < -0.39 is 10.0 Å². The van der Waals surface area contributed by atoms with Crippen molar-refractivity contribution in [1.82, 2.24) is 13.9 Å². The number of carbonyl (C=O) groups excluding carboxylic acids is 1. The molecule has 0 bridgehead atoms. The van der Waals surface area contributed by atoms with Crippen LogP contribution in [0.25, 0.3) is 0 Å². The van der Waals surface area contributed by atoms with Crippen LogP contribution in [0.5, 0.6) is 0 Å². The summed E-state index contributed by atoms with van der Waals surface area (Å²) in [4.78, 5) is 15.3. The van der Waals surface area contributed by atoms with Crippen LogP contribution in [0.1, 0.15) is 12.8 Å². The minimum Gasteiger partial charge on any atom is -0.469 e. The highest BCUT2D eigenvalue weighted by atomic mass is 32.2. The molecule has 0 N–H and O–H groups in total. The molecule has 0 spiro atoms. The third-order valence-electron chi connectivity index (χ3n) is 3.27. The third-order valence-corrected chi connectivity index (χ3v) is 5.06. The lowest BCUT2D eigenvalue weighted by atomic mass is 9.99. The highest BCUT2D eigenvalue weighted by molar-refractivity contribution is 7.89. The fourth-order valence-electron chi connectivity index (χ4n) is 2.15. The lowest BCUT2D eigenvalue weighted by molar-refractivity contribution is -0.146. The predicted molar refractivity (Wildman–Crippen MR) is 66.7 cm³/mol. The number of methoxy groups -OCH3 is 1. The number of aryl methyl sites for hydroxylation is 1. The van der Waals surface area contributed by atoms with Crippen molar-refractivity contribution in [3.05, 3.63) is 12.5 Å². The number of sulfonamides is 1. The Labute approximate surface area is 112 Å². The second-order valence-electron chi connectivity index (χ2n) is 4.58. The van der Waals surface area contributed by atoms with Crippen molar-refractivity contribution in [2.75, 3.05) is 20.2 Å². The predicted octanol–water partition coefficient (Wildman–Crippen LogP) is -0.00620. The van der Waals surface area contributed by atoms with Crippen LogP contribution in [-0.4, -0.2) is 48.4 Å². The van der Waals surface area contributed by atoms with Gasteiger partial charge in [0.2, 0.25) is 0 Å². The van der Waals surface area contributed by atoms with E-state index in [0.29, 0.717) is 25.9 Å².